The van der Waals surface area contributed by atoms with Crippen molar-refractivity contribution in [3.63, 3.8) is 0 Å². The highest BCUT2D eigenvalue weighted by molar-refractivity contribution is 8.16. The molecule has 1 aromatic rings. The zero-order valence-corrected chi connectivity index (χ0v) is 14.6. The molecule has 0 bridgehead atoms. The van der Waals surface area contributed by atoms with E-state index < -0.39 is 9.84 Å². The first-order valence-corrected chi connectivity index (χ1v) is 9.93. The molecule has 2 fully saturated rings. The van der Waals surface area contributed by atoms with Crippen molar-refractivity contribution < 1.29 is 13.2 Å². The summed E-state index contributed by atoms with van der Waals surface area (Å²) in [6, 6.07) is 4.71. The molecule has 0 spiro atoms. The number of nitrogens with zero attached hydrogens (tertiary/aromatic N) is 2. The average molecular weight is 379 g/mol. The summed E-state index contributed by atoms with van der Waals surface area (Å²) in [5.41, 5.74) is 0.614. The Morgan fingerprint density at radius 2 is 2.09 bits per heavy atom. The standard InChI is InChI=1S/C13H12Cl2N2O3S2/c1-7(18)16-13-17(10-3-2-8(14)4-9(10)15)11-5-22(19,20)6-12(11)21-13/h2-4,11-12H,5-6H2,1H3/t11-,12-/m0/s1. The van der Waals surface area contributed by atoms with Crippen molar-refractivity contribution in [2.75, 3.05) is 16.4 Å². The van der Waals surface area contributed by atoms with Crippen molar-refractivity contribution in [3.8, 4) is 0 Å². The lowest BCUT2D eigenvalue weighted by Gasteiger charge is -2.25. The largest absolute Gasteiger partial charge is 0.314 e. The molecule has 22 heavy (non-hydrogen) atoms. The normalized spacial score (nSPS) is 28.1. The van der Waals surface area contributed by atoms with Crippen LogP contribution in [0.3, 0.4) is 0 Å². The molecule has 1 aromatic carbocycles. The van der Waals surface area contributed by atoms with E-state index in [9.17, 15) is 13.2 Å². The molecule has 118 valence electrons. The van der Waals surface area contributed by atoms with E-state index in [1.165, 1.54) is 18.7 Å². The van der Waals surface area contributed by atoms with E-state index in [0.717, 1.165) is 0 Å². The molecule has 2 atom stereocenters. The van der Waals surface area contributed by atoms with Crippen LogP contribution in [0.4, 0.5) is 5.69 Å². The Kier molecular flexibility index (Phi) is 4.18. The van der Waals surface area contributed by atoms with E-state index in [4.69, 9.17) is 23.2 Å². The number of rotatable bonds is 1. The Morgan fingerprint density at radius 3 is 2.73 bits per heavy atom. The number of aliphatic imine (C=N–C) groups is 1. The third-order valence-corrected chi connectivity index (χ3v) is 7.24. The second-order valence-electron chi connectivity index (χ2n) is 5.18. The van der Waals surface area contributed by atoms with Gasteiger partial charge in [0.15, 0.2) is 15.0 Å². The van der Waals surface area contributed by atoms with Crippen molar-refractivity contribution in [1.29, 1.82) is 0 Å². The van der Waals surface area contributed by atoms with Crippen molar-refractivity contribution in [2.45, 2.75) is 18.2 Å². The van der Waals surface area contributed by atoms with E-state index in [0.29, 0.717) is 20.9 Å². The molecular weight excluding hydrogens is 367 g/mol. The summed E-state index contributed by atoms with van der Waals surface area (Å²) >= 11 is 13.5. The predicted octanol–water partition coefficient (Wildman–Crippen LogP) is 2.61. The molecule has 2 heterocycles. The zero-order valence-electron chi connectivity index (χ0n) is 11.5. The van der Waals surface area contributed by atoms with Gasteiger partial charge in [-0.25, -0.2) is 8.42 Å². The molecule has 2 aliphatic rings. The fourth-order valence-electron chi connectivity index (χ4n) is 2.66. The molecule has 2 saturated heterocycles. The van der Waals surface area contributed by atoms with Crippen LogP contribution in [0, 0.1) is 0 Å². The Hall–Kier alpha value is -0.760. The minimum Gasteiger partial charge on any atom is -0.314 e. The van der Waals surface area contributed by atoms with Gasteiger partial charge >= 0.3 is 0 Å². The van der Waals surface area contributed by atoms with Gasteiger partial charge in [-0.05, 0) is 18.2 Å². The Balaban J connectivity index is 2.08. The number of carbonyl (C=O) groups is 1. The minimum absolute atomic E-state index is 0.0283. The fraction of sp³-hybridized carbons (Fsp3) is 0.385. The van der Waals surface area contributed by atoms with Crippen LogP contribution in [0.15, 0.2) is 23.2 Å². The highest BCUT2D eigenvalue weighted by Gasteiger charge is 2.49. The molecule has 0 radical (unpaired) electrons. The first kappa shape index (κ1) is 16.1. The van der Waals surface area contributed by atoms with Crippen LogP contribution in [0.25, 0.3) is 0 Å². The molecule has 9 heteroatoms. The first-order valence-electron chi connectivity index (χ1n) is 6.47. The Bertz CT molecular complexity index is 779. The quantitative estimate of drug-likeness (QED) is 0.751. The summed E-state index contributed by atoms with van der Waals surface area (Å²) in [6.45, 7) is 1.36. The molecule has 0 aliphatic carbocycles. The third-order valence-electron chi connectivity index (χ3n) is 3.49. The lowest BCUT2D eigenvalue weighted by Crippen LogP contribution is -2.37. The Labute approximate surface area is 142 Å². The fourth-order valence-corrected chi connectivity index (χ4v) is 7.11. The van der Waals surface area contributed by atoms with Gasteiger partial charge in [-0.1, -0.05) is 35.0 Å². The Morgan fingerprint density at radius 1 is 1.36 bits per heavy atom. The number of sulfone groups is 1. The van der Waals surface area contributed by atoms with Crippen LogP contribution in [-0.2, 0) is 14.6 Å². The number of fused-ring (bicyclic) bond motifs is 1. The number of carbonyl (C=O) groups excluding carboxylic acids is 1. The highest BCUT2D eigenvalue weighted by Crippen LogP contribution is 2.43. The van der Waals surface area contributed by atoms with Gasteiger partial charge < -0.3 is 4.90 Å². The smallest absolute Gasteiger partial charge is 0.244 e. The topological polar surface area (TPSA) is 66.8 Å². The maximum absolute atomic E-state index is 11.9. The monoisotopic (exact) mass is 378 g/mol. The molecule has 0 N–H and O–H groups in total. The molecule has 0 aromatic heterocycles. The molecule has 0 saturated carbocycles. The lowest BCUT2D eigenvalue weighted by atomic mass is 10.2. The van der Waals surface area contributed by atoms with Crippen molar-refractivity contribution in [3.05, 3.63) is 28.2 Å². The number of hydrogen-bond acceptors (Lipinski definition) is 4. The van der Waals surface area contributed by atoms with Crippen LogP contribution < -0.4 is 4.90 Å². The number of amidine groups is 1. The van der Waals surface area contributed by atoms with Gasteiger partial charge in [-0.2, -0.15) is 4.99 Å². The van der Waals surface area contributed by atoms with Crippen molar-refractivity contribution in [2.24, 2.45) is 4.99 Å². The van der Waals surface area contributed by atoms with Gasteiger partial charge in [0.2, 0.25) is 5.91 Å². The number of benzene rings is 1. The van der Waals surface area contributed by atoms with Crippen LogP contribution in [-0.4, -0.2) is 42.3 Å². The molecule has 5 nitrogen and oxygen atoms in total. The lowest BCUT2D eigenvalue weighted by molar-refractivity contribution is -0.115. The predicted molar refractivity (Wildman–Crippen MR) is 90.9 cm³/mol. The maximum Gasteiger partial charge on any atom is 0.244 e. The number of amides is 1. The van der Waals surface area contributed by atoms with E-state index in [-0.39, 0.29) is 28.7 Å². The van der Waals surface area contributed by atoms with E-state index in [1.54, 1.807) is 23.1 Å². The van der Waals surface area contributed by atoms with Gasteiger partial charge in [0.25, 0.3) is 0 Å². The minimum atomic E-state index is -3.09. The molecule has 0 unspecified atom stereocenters. The summed E-state index contributed by atoms with van der Waals surface area (Å²) in [5, 5.41) is 1.23. The highest BCUT2D eigenvalue weighted by atomic mass is 35.5. The molecule has 2 aliphatic heterocycles. The second kappa shape index (κ2) is 5.70. The van der Waals surface area contributed by atoms with Crippen molar-refractivity contribution >= 4 is 61.6 Å². The van der Waals surface area contributed by atoms with Gasteiger partial charge in [-0.15, -0.1) is 0 Å². The van der Waals surface area contributed by atoms with Gasteiger partial charge in [0.05, 0.1) is 28.3 Å². The maximum atomic E-state index is 11.9. The molecule has 1 amide bonds. The molecular formula is C13H12Cl2N2O3S2. The van der Waals surface area contributed by atoms with Gasteiger partial charge in [-0.3, -0.25) is 4.79 Å². The summed E-state index contributed by atoms with van der Waals surface area (Å²) in [4.78, 5) is 17.1. The van der Waals surface area contributed by atoms with E-state index in [2.05, 4.69) is 4.99 Å². The second-order valence-corrected chi connectivity index (χ2v) is 9.38. The van der Waals surface area contributed by atoms with Gasteiger partial charge in [0, 0.05) is 17.2 Å². The number of halogens is 2. The summed E-state index contributed by atoms with van der Waals surface area (Å²) < 4.78 is 23.8. The SMILES string of the molecule is CC(=O)N=C1S[C@H]2CS(=O)(=O)C[C@@H]2N1c1ccc(Cl)cc1Cl. The third kappa shape index (κ3) is 2.99. The summed E-state index contributed by atoms with van der Waals surface area (Å²) in [5.74, 6) is -0.220. The summed E-state index contributed by atoms with van der Waals surface area (Å²) in [6.07, 6.45) is 0. The van der Waals surface area contributed by atoms with Crippen LogP contribution in [0.5, 0.6) is 0 Å². The van der Waals surface area contributed by atoms with Crippen LogP contribution in [0.1, 0.15) is 6.92 Å². The van der Waals surface area contributed by atoms with Crippen LogP contribution >= 0.6 is 35.0 Å². The van der Waals surface area contributed by atoms with Crippen molar-refractivity contribution in [1.82, 2.24) is 0 Å². The number of thioether (sulfide) groups is 1. The molecule has 3 rings (SSSR count). The summed E-state index contributed by atoms with van der Waals surface area (Å²) in [7, 11) is -3.09. The van der Waals surface area contributed by atoms with E-state index in [1.807, 2.05) is 0 Å². The average Bonchev–Trinajstić information content (AvgIpc) is 2.81. The number of hydrogen-bond donors (Lipinski definition) is 0. The number of anilines is 1. The first-order chi connectivity index (χ1) is 10.3. The van der Waals surface area contributed by atoms with Gasteiger partial charge in [0.1, 0.15) is 0 Å². The van der Waals surface area contributed by atoms with E-state index >= 15 is 0 Å². The van der Waals surface area contributed by atoms with Crippen LogP contribution in [0.2, 0.25) is 10.0 Å². The zero-order chi connectivity index (χ0) is 16.1.